The molecule has 1 aliphatic rings. The van der Waals surface area contributed by atoms with Gasteiger partial charge >= 0.3 is 5.97 Å². The van der Waals surface area contributed by atoms with Gasteiger partial charge in [0.25, 0.3) is 5.91 Å². The number of hydrogen-bond donors (Lipinski definition) is 3. The molecule has 0 bridgehead atoms. The van der Waals surface area contributed by atoms with Crippen LogP contribution in [0.1, 0.15) is 24.2 Å². The molecule has 1 heterocycles. The molecule has 1 aromatic heterocycles. The second kappa shape index (κ2) is 7.00. The minimum Gasteiger partial charge on any atom is -0.481 e. The molecule has 8 heteroatoms. The van der Waals surface area contributed by atoms with Crippen molar-refractivity contribution in [1.29, 1.82) is 0 Å². The maximum atomic E-state index is 12.4. The first-order valence-corrected chi connectivity index (χ1v) is 8.65. The summed E-state index contributed by atoms with van der Waals surface area (Å²) in [5.41, 5.74) is -0.0750. The van der Waals surface area contributed by atoms with Gasteiger partial charge in [0, 0.05) is 11.9 Å². The monoisotopic (exact) mass is 387 g/mol. The Morgan fingerprint density at radius 2 is 1.85 bits per heavy atom. The molecule has 2 aromatic rings. The lowest BCUT2D eigenvalue weighted by molar-refractivity contribution is -0.140. The van der Waals surface area contributed by atoms with Crippen molar-refractivity contribution in [3.63, 3.8) is 0 Å². The third kappa shape index (κ3) is 3.78. The maximum Gasteiger partial charge on any atom is 0.307 e. The fourth-order valence-corrected chi connectivity index (χ4v) is 3.41. The quantitative estimate of drug-likeness (QED) is 0.729. The number of aliphatic carboxylic acids is 1. The summed E-state index contributed by atoms with van der Waals surface area (Å²) in [7, 11) is 0. The Kier molecular flexibility index (Phi) is 4.89. The van der Waals surface area contributed by atoms with E-state index in [1.54, 1.807) is 44.3 Å². The predicted molar refractivity (Wildman–Crippen MR) is 101 cm³/mol. The lowest BCUT2D eigenvalue weighted by Gasteiger charge is -2.10. The van der Waals surface area contributed by atoms with Crippen LogP contribution in [-0.4, -0.2) is 27.9 Å². The van der Waals surface area contributed by atoms with Crippen molar-refractivity contribution in [1.82, 2.24) is 4.98 Å². The van der Waals surface area contributed by atoms with E-state index in [1.165, 1.54) is 12.1 Å². The van der Waals surface area contributed by atoms with Crippen LogP contribution < -0.4 is 10.6 Å². The molecule has 0 saturated heterocycles. The van der Waals surface area contributed by atoms with Crippen molar-refractivity contribution < 1.29 is 19.5 Å². The summed E-state index contributed by atoms with van der Waals surface area (Å²) in [6, 6.07) is 9.60. The maximum absolute atomic E-state index is 12.4. The largest absolute Gasteiger partial charge is 0.481 e. The summed E-state index contributed by atoms with van der Waals surface area (Å²) in [6.45, 7) is 3.48. The van der Waals surface area contributed by atoms with Crippen LogP contribution in [0.15, 0.2) is 42.6 Å². The first-order chi connectivity index (χ1) is 12.7. The molecule has 3 rings (SSSR count). The number of amides is 2. The molecule has 0 aliphatic heterocycles. The van der Waals surface area contributed by atoms with Crippen LogP contribution in [0.4, 0.5) is 11.5 Å². The van der Waals surface area contributed by atoms with Crippen molar-refractivity contribution in [2.75, 3.05) is 10.6 Å². The van der Waals surface area contributed by atoms with Gasteiger partial charge in [-0.3, -0.25) is 14.4 Å². The van der Waals surface area contributed by atoms with Gasteiger partial charge in [-0.2, -0.15) is 0 Å². The number of nitrogens with zero attached hydrogens (tertiary/aromatic N) is 1. The van der Waals surface area contributed by atoms with Gasteiger partial charge in [0.15, 0.2) is 0 Å². The number of nitrogens with one attached hydrogen (secondary N) is 2. The average Bonchev–Trinajstić information content (AvgIpc) is 3.20. The highest BCUT2D eigenvalue weighted by Gasteiger charge is 2.65. The topological polar surface area (TPSA) is 108 Å². The number of carbonyl (C=O) groups excluding carboxylic acids is 2. The molecule has 2 amide bonds. The molecule has 7 nitrogen and oxygen atoms in total. The molecule has 0 spiro atoms. The van der Waals surface area contributed by atoms with E-state index < -0.39 is 35.0 Å². The highest BCUT2D eigenvalue weighted by molar-refractivity contribution is 6.34. The van der Waals surface area contributed by atoms with Gasteiger partial charge in [0.05, 0.1) is 22.4 Å². The Balaban J connectivity index is 1.75. The van der Waals surface area contributed by atoms with E-state index in [0.29, 0.717) is 11.5 Å². The van der Waals surface area contributed by atoms with Crippen LogP contribution in [0.3, 0.4) is 0 Å². The van der Waals surface area contributed by atoms with Gasteiger partial charge in [-0.1, -0.05) is 31.5 Å². The summed E-state index contributed by atoms with van der Waals surface area (Å²) >= 11 is 6.11. The molecule has 1 aromatic carbocycles. The number of rotatable bonds is 5. The number of aromatic nitrogens is 1. The van der Waals surface area contributed by atoms with E-state index in [4.69, 9.17) is 11.6 Å². The number of carboxylic acid groups (broad SMARTS) is 1. The van der Waals surface area contributed by atoms with E-state index in [-0.39, 0.29) is 10.6 Å². The van der Waals surface area contributed by atoms with Crippen molar-refractivity contribution in [3.8, 4) is 0 Å². The standard InChI is InChI=1S/C19H18ClN3O4/c1-19(2)14(15(19)18(26)27)17(25)22-10-6-7-12(20)11(9-10)16(24)23-13-5-3-4-8-21-13/h3-9,14-15H,1-2H3,(H,22,25)(H,26,27)(H,21,23,24)/t14-,15-/m1/s1. The Bertz CT molecular complexity index is 914. The van der Waals surface area contributed by atoms with Gasteiger partial charge in [-0.05, 0) is 35.7 Å². The van der Waals surface area contributed by atoms with Gasteiger partial charge < -0.3 is 15.7 Å². The molecule has 0 radical (unpaired) electrons. The van der Waals surface area contributed by atoms with Crippen LogP contribution in [0.25, 0.3) is 0 Å². The molecule has 27 heavy (non-hydrogen) atoms. The molecule has 0 unspecified atom stereocenters. The van der Waals surface area contributed by atoms with E-state index in [1.807, 2.05) is 0 Å². The minimum atomic E-state index is -0.994. The number of hydrogen-bond acceptors (Lipinski definition) is 4. The van der Waals surface area contributed by atoms with Crippen molar-refractivity contribution >= 4 is 40.9 Å². The third-order valence-electron chi connectivity index (χ3n) is 4.76. The minimum absolute atomic E-state index is 0.171. The first-order valence-electron chi connectivity index (χ1n) is 8.27. The number of pyridine rings is 1. The molecule has 3 N–H and O–H groups in total. The molecular formula is C19H18ClN3O4. The van der Waals surface area contributed by atoms with Gasteiger partial charge in [-0.15, -0.1) is 0 Å². The fourth-order valence-electron chi connectivity index (χ4n) is 3.21. The van der Waals surface area contributed by atoms with Crippen LogP contribution in [0.2, 0.25) is 5.02 Å². The number of halogens is 1. The van der Waals surface area contributed by atoms with E-state index in [2.05, 4.69) is 15.6 Å². The number of carbonyl (C=O) groups is 3. The lowest BCUT2D eigenvalue weighted by Crippen LogP contribution is -2.19. The van der Waals surface area contributed by atoms with E-state index in [0.717, 1.165) is 0 Å². The SMILES string of the molecule is CC1(C)[C@@H](C(=O)O)[C@@H]1C(=O)Nc1ccc(Cl)c(C(=O)Nc2ccccn2)c1. The Hall–Kier alpha value is -2.93. The van der Waals surface area contributed by atoms with Crippen LogP contribution in [0, 0.1) is 17.3 Å². The molecule has 140 valence electrons. The summed E-state index contributed by atoms with van der Waals surface area (Å²) in [6.07, 6.45) is 1.55. The zero-order valence-electron chi connectivity index (χ0n) is 14.7. The molecule has 1 aliphatic carbocycles. The summed E-state index contributed by atoms with van der Waals surface area (Å²) in [5, 5.41) is 14.7. The molecule has 1 fully saturated rings. The van der Waals surface area contributed by atoms with Crippen LogP contribution in [0.5, 0.6) is 0 Å². The van der Waals surface area contributed by atoms with Crippen LogP contribution >= 0.6 is 11.6 Å². The summed E-state index contributed by atoms with van der Waals surface area (Å²) in [4.78, 5) is 40.1. The Morgan fingerprint density at radius 1 is 1.11 bits per heavy atom. The second-order valence-electron chi connectivity index (χ2n) is 6.97. The summed E-state index contributed by atoms with van der Waals surface area (Å²) in [5.74, 6) is -2.84. The Morgan fingerprint density at radius 3 is 2.44 bits per heavy atom. The fraction of sp³-hybridized carbons (Fsp3) is 0.263. The van der Waals surface area contributed by atoms with E-state index in [9.17, 15) is 19.5 Å². The number of benzene rings is 1. The second-order valence-corrected chi connectivity index (χ2v) is 7.38. The highest BCUT2D eigenvalue weighted by Crippen LogP contribution is 2.58. The number of anilines is 2. The highest BCUT2D eigenvalue weighted by atomic mass is 35.5. The van der Waals surface area contributed by atoms with Crippen molar-refractivity contribution in [3.05, 3.63) is 53.2 Å². The lowest BCUT2D eigenvalue weighted by atomic mass is 10.1. The van der Waals surface area contributed by atoms with Crippen molar-refractivity contribution in [2.24, 2.45) is 17.3 Å². The summed E-state index contributed by atoms with van der Waals surface area (Å²) < 4.78 is 0. The molecular weight excluding hydrogens is 370 g/mol. The van der Waals surface area contributed by atoms with Gasteiger partial charge in [0.1, 0.15) is 5.82 Å². The number of carboxylic acids is 1. The van der Waals surface area contributed by atoms with Gasteiger partial charge in [-0.25, -0.2) is 4.98 Å². The Labute approximate surface area is 160 Å². The average molecular weight is 388 g/mol. The zero-order chi connectivity index (χ0) is 19.8. The van der Waals surface area contributed by atoms with E-state index >= 15 is 0 Å². The normalized spacial score (nSPS) is 19.8. The van der Waals surface area contributed by atoms with Crippen LogP contribution in [-0.2, 0) is 9.59 Å². The smallest absolute Gasteiger partial charge is 0.307 e. The third-order valence-corrected chi connectivity index (χ3v) is 5.09. The molecule has 2 atom stereocenters. The molecule has 1 saturated carbocycles. The predicted octanol–water partition coefficient (Wildman–Crippen LogP) is 3.28. The zero-order valence-corrected chi connectivity index (χ0v) is 15.4. The van der Waals surface area contributed by atoms with Crippen molar-refractivity contribution in [2.45, 2.75) is 13.8 Å². The first kappa shape index (κ1) is 18.8. The van der Waals surface area contributed by atoms with Gasteiger partial charge in [0.2, 0.25) is 5.91 Å².